The molecule has 0 fully saturated rings. The van der Waals surface area contributed by atoms with Crippen molar-refractivity contribution in [1.82, 2.24) is 9.38 Å². The number of aromatic nitrogens is 2. The van der Waals surface area contributed by atoms with E-state index < -0.39 is 0 Å². The average Bonchev–Trinajstić information content (AvgIpc) is 2.51. The maximum atomic E-state index is 5.45. The van der Waals surface area contributed by atoms with E-state index in [2.05, 4.69) is 17.1 Å². The second-order valence-electron chi connectivity index (χ2n) is 2.77. The van der Waals surface area contributed by atoms with E-state index in [4.69, 9.17) is 5.73 Å². The Morgan fingerprint density at radius 1 is 1.29 bits per heavy atom. The van der Waals surface area contributed by atoms with Gasteiger partial charge in [0.1, 0.15) is 5.65 Å². The Hall–Kier alpha value is -0.770. The number of imidazole rings is 1. The van der Waals surface area contributed by atoms with E-state index >= 15 is 0 Å². The van der Waals surface area contributed by atoms with Gasteiger partial charge in [0.2, 0.25) is 0 Å². The second kappa shape index (κ2) is 5.86. The van der Waals surface area contributed by atoms with Crippen LogP contribution in [0.4, 0.5) is 0 Å². The largest absolute Gasteiger partial charge is 0.330 e. The monoisotopic (exact) mass is 233 g/mol. The number of rotatable bonds is 2. The first kappa shape index (κ1) is 13.2. The topological polar surface area (TPSA) is 43.3 Å². The van der Waals surface area contributed by atoms with Crippen LogP contribution in [0.2, 0.25) is 0 Å². The molecule has 14 heavy (non-hydrogen) atoms. The van der Waals surface area contributed by atoms with E-state index in [0.29, 0.717) is 6.54 Å². The van der Waals surface area contributed by atoms with Crippen LogP contribution in [0.3, 0.4) is 0 Å². The van der Waals surface area contributed by atoms with E-state index in [0.717, 1.165) is 12.1 Å². The van der Waals surface area contributed by atoms with Gasteiger partial charge < -0.3 is 10.1 Å². The minimum absolute atomic E-state index is 0. The SMILES string of the molecule is Cl.Cl.NCCc1ccn2ccnc2c1. The van der Waals surface area contributed by atoms with Crippen molar-refractivity contribution < 1.29 is 0 Å². The van der Waals surface area contributed by atoms with Gasteiger partial charge in [0, 0.05) is 18.6 Å². The molecule has 0 radical (unpaired) electrons. The molecule has 0 saturated heterocycles. The molecule has 0 amide bonds. The van der Waals surface area contributed by atoms with Crippen LogP contribution < -0.4 is 5.73 Å². The molecule has 0 bridgehead atoms. The normalized spacial score (nSPS) is 9.21. The standard InChI is InChI=1S/C9H11N3.2ClH/c10-3-1-8-2-5-12-6-4-11-9(12)7-8;;/h2,4-7H,1,3,10H2;2*1H. The van der Waals surface area contributed by atoms with E-state index in [1.54, 1.807) is 6.20 Å². The molecule has 2 N–H and O–H groups in total. The Kier molecular flexibility index (Phi) is 5.53. The highest BCUT2D eigenvalue weighted by Crippen LogP contribution is 2.05. The Morgan fingerprint density at radius 3 is 2.79 bits per heavy atom. The fourth-order valence-corrected chi connectivity index (χ4v) is 1.27. The maximum absolute atomic E-state index is 5.45. The first-order valence-corrected chi connectivity index (χ1v) is 4.02. The minimum atomic E-state index is 0. The van der Waals surface area contributed by atoms with Gasteiger partial charge in [-0.3, -0.25) is 0 Å². The predicted octanol–water partition coefficient (Wildman–Crippen LogP) is 1.68. The zero-order valence-electron chi connectivity index (χ0n) is 7.59. The van der Waals surface area contributed by atoms with E-state index in [9.17, 15) is 0 Å². The molecule has 0 unspecified atom stereocenters. The third-order valence-electron chi connectivity index (χ3n) is 1.90. The summed E-state index contributed by atoms with van der Waals surface area (Å²) in [6.07, 6.45) is 6.65. The van der Waals surface area contributed by atoms with E-state index in [-0.39, 0.29) is 24.8 Å². The smallest absolute Gasteiger partial charge is 0.136 e. The van der Waals surface area contributed by atoms with Crippen LogP contribution in [0.15, 0.2) is 30.7 Å². The lowest BCUT2D eigenvalue weighted by atomic mass is 10.2. The molecular weight excluding hydrogens is 221 g/mol. The highest BCUT2D eigenvalue weighted by Gasteiger charge is 1.94. The first-order chi connectivity index (χ1) is 5.90. The summed E-state index contributed by atoms with van der Waals surface area (Å²) in [6.45, 7) is 0.691. The van der Waals surface area contributed by atoms with Gasteiger partial charge >= 0.3 is 0 Å². The van der Waals surface area contributed by atoms with Crippen LogP contribution in [-0.2, 0) is 6.42 Å². The van der Waals surface area contributed by atoms with Crippen molar-refractivity contribution in [3.05, 3.63) is 36.3 Å². The Labute approximate surface area is 95.1 Å². The lowest BCUT2D eigenvalue weighted by Crippen LogP contribution is -2.02. The molecule has 5 heteroatoms. The van der Waals surface area contributed by atoms with Gasteiger partial charge in [0.15, 0.2) is 0 Å². The third-order valence-corrected chi connectivity index (χ3v) is 1.90. The first-order valence-electron chi connectivity index (χ1n) is 4.02. The number of pyridine rings is 1. The molecule has 0 aliphatic carbocycles. The zero-order chi connectivity index (χ0) is 8.39. The van der Waals surface area contributed by atoms with Gasteiger partial charge in [-0.1, -0.05) is 0 Å². The number of hydrogen-bond acceptors (Lipinski definition) is 2. The number of fused-ring (bicyclic) bond motifs is 1. The van der Waals surface area contributed by atoms with E-state index in [1.807, 2.05) is 16.8 Å². The molecule has 2 aromatic rings. The van der Waals surface area contributed by atoms with Gasteiger partial charge in [0.05, 0.1) is 0 Å². The van der Waals surface area contributed by atoms with Crippen molar-refractivity contribution in [2.24, 2.45) is 5.73 Å². The average molecular weight is 234 g/mol. The summed E-state index contributed by atoms with van der Waals surface area (Å²) < 4.78 is 1.99. The Bertz CT molecular complexity index is 386. The van der Waals surface area contributed by atoms with Crippen molar-refractivity contribution in [3.8, 4) is 0 Å². The molecule has 0 spiro atoms. The van der Waals surface area contributed by atoms with E-state index in [1.165, 1.54) is 5.56 Å². The van der Waals surface area contributed by atoms with Gasteiger partial charge in [0.25, 0.3) is 0 Å². The molecule has 3 nitrogen and oxygen atoms in total. The fraction of sp³-hybridized carbons (Fsp3) is 0.222. The summed E-state index contributed by atoms with van der Waals surface area (Å²) in [6, 6.07) is 4.13. The zero-order valence-corrected chi connectivity index (χ0v) is 9.22. The summed E-state index contributed by atoms with van der Waals surface area (Å²) in [5, 5.41) is 0. The van der Waals surface area contributed by atoms with Crippen LogP contribution in [0.5, 0.6) is 0 Å². The van der Waals surface area contributed by atoms with Crippen molar-refractivity contribution in [1.29, 1.82) is 0 Å². The number of nitrogens with zero attached hydrogens (tertiary/aromatic N) is 2. The predicted molar refractivity (Wildman–Crippen MR) is 62.4 cm³/mol. The van der Waals surface area contributed by atoms with Crippen LogP contribution in [0.25, 0.3) is 5.65 Å². The molecule has 0 aromatic carbocycles. The molecule has 2 rings (SSSR count). The molecule has 0 aliphatic heterocycles. The van der Waals surface area contributed by atoms with Gasteiger partial charge in [-0.05, 0) is 30.7 Å². The van der Waals surface area contributed by atoms with Gasteiger partial charge in [-0.25, -0.2) is 4.98 Å². The van der Waals surface area contributed by atoms with Gasteiger partial charge in [-0.2, -0.15) is 0 Å². The van der Waals surface area contributed by atoms with Crippen molar-refractivity contribution in [3.63, 3.8) is 0 Å². The molecule has 2 aromatic heterocycles. The van der Waals surface area contributed by atoms with Crippen molar-refractivity contribution in [2.45, 2.75) is 6.42 Å². The lowest BCUT2D eigenvalue weighted by Gasteiger charge is -1.98. The van der Waals surface area contributed by atoms with Crippen LogP contribution >= 0.6 is 24.8 Å². The van der Waals surface area contributed by atoms with Crippen molar-refractivity contribution >= 4 is 30.5 Å². The second-order valence-corrected chi connectivity index (χ2v) is 2.77. The number of hydrogen-bond donors (Lipinski definition) is 1. The van der Waals surface area contributed by atoms with Crippen molar-refractivity contribution in [2.75, 3.05) is 6.54 Å². The molecule has 0 saturated carbocycles. The summed E-state index contributed by atoms with van der Waals surface area (Å²) >= 11 is 0. The lowest BCUT2D eigenvalue weighted by molar-refractivity contribution is 0.962. The summed E-state index contributed by atoms with van der Waals surface area (Å²) in [4.78, 5) is 4.18. The van der Waals surface area contributed by atoms with Crippen LogP contribution in [0.1, 0.15) is 5.56 Å². The summed E-state index contributed by atoms with van der Waals surface area (Å²) in [7, 11) is 0. The summed E-state index contributed by atoms with van der Waals surface area (Å²) in [5.41, 5.74) is 7.69. The van der Waals surface area contributed by atoms with Crippen LogP contribution in [-0.4, -0.2) is 15.9 Å². The highest BCUT2D eigenvalue weighted by atomic mass is 35.5. The number of halogens is 2. The molecule has 0 aliphatic rings. The van der Waals surface area contributed by atoms with Gasteiger partial charge in [-0.15, -0.1) is 24.8 Å². The van der Waals surface area contributed by atoms with Crippen LogP contribution in [0, 0.1) is 0 Å². The number of nitrogens with two attached hydrogens (primary N) is 1. The fourth-order valence-electron chi connectivity index (χ4n) is 1.27. The minimum Gasteiger partial charge on any atom is -0.330 e. The maximum Gasteiger partial charge on any atom is 0.136 e. The molecule has 0 atom stereocenters. The quantitative estimate of drug-likeness (QED) is 0.859. The molecule has 78 valence electrons. The Balaban J connectivity index is 0.000000845. The summed E-state index contributed by atoms with van der Waals surface area (Å²) in [5.74, 6) is 0. The highest BCUT2D eigenvalue weighted by molar-refractivity contribution is 5.85. The molecular formula is C9H13Cl2N3. The molecule has 2 heterocycles. The third kappa shape index (κ3) is 2.61. The Morgan fingerprint density at radius 2 is 2.07 bits per heavy atom.